The van der Waals surface area contributed by atoms with Crippen molar-refractivity contribution in [2.24, 2.45) is 0 Å². The minimum absolute atomic E-state index is 0.0536. The van der Waals surface area contributed by atoms with E-state index in [0.29, 0.717) is 0 Å². The molecule has 0 aromatic rings. The van der Waals surface area contributed by atoms with E-state index in [4.69, 9.17) is 31.7 Å². The number of hydrogen-bond acceptors (Lipinski definition) is 5. The van der Waals surface area contributed by atoms with Gasteiger partial charge in [0.05, 0.1) is 5.88 Å². The van der Waals surface area contributed by atoms with E-state index in [0.717, 1.165) is 0 Å². The molecule has 1 fully saturated rings. The Bertz CT molecular complexity index is 150. The molecule has 12 heavy (non-hydrogen) atoms. The first-order valence-electron chi connectivity index (χ1n) is 3.51. The summed E-state index contributed by atoms with van der Waals surface area (Å²) < 4.78 is 4.69. The number of alkyl halides is 1. The van der Waals surface area contributed by atoms with Crippen LogP contribution in [0.2, 0.25) is 0 Å². The van der Waals surface area contributed by atoms with Gasteiger partial charge in [-0.3, -0.25) is 0 Å². The van der Waals surface area contributed by atoms with Crippen LogP contribution in [-0.2, 0) is 4.74 Å². The van der Waals surface area contributed by atoms with E-state index in [1.807, 2.05) is 0 Å². The maximum Gasteiger partial charge on any atom is 0.184 e. The van der Waals surface area contributed by atoms with Crippen LogP contribution >= 0.6 is 11.6 Å². The van der Waals surface area contributed by atoms with Gasteiger partial charge in [0, 0.05) is 0 Å². The Kier molecular flexibility index (Phi) is 3.28. The lowest BCUT2D eigenvalue weighted by Crippen LogP contribution is -2.57. The van der Waals surface area contributed by atoms with Crippen molar-refractivity contribution in [3.05, 3.63) is 0 Å². The predicted octanol–water partition coefficient (Wildman–Crippen LogP) is -1.97. The molecule has 0 aliphatic carbocycles. The fourth-order valence-electron chi connectivity index (χ4n) is 1.06. The Balaban J connectivity index is 2.63. The highest BCUT2D eigenvalue weighted by Gasteiger charge is 2.42. The lowest BCUT2D eigenvalue weighted by Gasteiger charge is -2.37. The minimum atomic E-state index is -1.49. The summed E-state index contributed by atoms with van der Waals surface area (Å²) in [4.78, 5) is 0. The van der Waals surface area contributed by atoms with Gasteiger partial charge in [-0.2, -0.15) is 0 Å². The van der Waals surface area contributed by atoms with Gasteiger partial charge in [-0.25, -0.2) is 0 Å². The lowest BCUT2D eigenvalue weighted by atomic mass is 10.0. The molecule has 1 rings (SSSR count). The van der Waals surface area contributed by atoms with Crippen LogP contribution < -0.4 is 0 Å². The minimum Gasteiger partial charge on any atom is -0.388 e. The molecule has 0 saturated carbocycles. The fraction of sp³-hybridized carbons (Fsp3) is 1.00. The van der Waals surface area contributed by atoms with Gasteiger partial charge in [-0.1, -0.05) is 0 Å². The summed E-state index contributed by atoms with van der Waals surface area (Å²) in [7, 11) is 0. The fourth-order valence-corrected chi connectivity index (χ4v) is 1.31. The molecular weight excluding hydrogens is 188 g/mol. The zero-order valence-corrected chi connectivity index (χ0v) is 6.92. The molecule has 1 aliphatic rings. The molecule has 4 N–H and O–H groups in total. The van der Waals surface area contributed by atoms with Crippen LogP contribution in [0.1, 0.15) is 0 Å². The summed E-state index contributed by atoms with van der Waals surface area (Å²) in [6.45, 7) is 0. The Morgan fingerprint density at radius 1 is 1.00 bits per heavy atom. The molecule has 0 radical (unpaired) electrons. The first-order chi connectivity index (χ1) is 5.57. The molecule has 5 atom stereocenters. The smallest absolute Gasteiger partial charge is 0.184 e. The zero-order chi connectivity index (χ0) is 9.30. The van der Waals surface area contributed by atoms with E-state index >= 15 is 0 Å². The molecule has 5 nitrogen and oxygen atoms in total. The Morgan fingerprint density at radius 2 is 1.58 bits per heavy atom. The number of aliphatic hydroxyl groups excluding tert-OH is 4. The summed E-state index contributed by atoms with van der Waals surface area (Å²) >= 11 is 5.36. The van der Waals surface area contributed by atoms with E-state index < -0.39 is 30.7 Å². The largest absolute Gasteiger partial charge is 0.388 e. The van der Waals surface area contributed by atoms with Crippen LogP contribution in [0, 0.1) is 0 Å². The quantitative estimate of drug-likeness (QED) is 0.367. The second-order valence-electron chi connectivity index (χ2n) is 2.69. The van der Waals surface area contributed by atoms with Crippen LogP contribution in [0.3, 0.4) is 0 Å². The number of rotatable bonds is 1. The van der Waals surface area contributed by atoms with Crippen LogP contribution in [0.15, 0.2) is 0 Å². The highest BCUT2D eigenvalue weighted by atomic mass is 35.5. The maximum absolute atomic E-state index is 9.20. The molecule has 0 bridgehead atoms. The third kappa shape index (κ3) is 1.71. The highest BCUT2D eigenvalue weighted by molar-refractivity contribution is 6.18. The molecule has 0 aromatic carbocycles. The van der Waals surface area contributed by atoms with Gasteiger partial charge in [0.2, 0.25) is 0 Å². The third-order valence-corrected chi connectivity index (χ3v) is 2.14. The maximum atomic E-state index is 9.20. The van der Waals surface area contributed by atoms with Gasteiger partial charge in [0.1, 0.15) is 24.4 Å². The van der Waals surface area contributed by atoms with Crippen LogP contribution in [0.5, 0.6) is 0 Å². The van der Waals surface area contributed by atoms with Crippen LogP contribution in [-0.4, -0.2) is 57.0 Å². The summed E-state index contributed by atoms with van der Waals surface area (Å²) in [5.74, 6) is -0.0536. The van der Waals surface area contributed by atoms with Crippen molar-refractivity contribution in [1.82, 2.24) is 0 Å². The number of halogens is 1. The molecule has 0 spiro atoms. The van der Waals surface area contributed by atoms with Gasteiger partial charge >= 0.3 is 0 Å². The predicted molar refractivity (Wildman–Crippen MR) is 39.6 cm³/mol. The second-order valence-corrected chi connectivity index (χ2v) is 3.00. The Morgan fingerprint density at radius 3 is 2.08 bits per heavy atom. The first kappa shape index (κ1) is 10.2. The molecule has 72 valence electrons. The van der Waals surface area contributed by atoms with Gasteiger partial charge in [0.25, 0.3) is 0 Å². The van der Waals surface area contributed by atoms with E-state index in [-0.39, 0.29) is 5.88 Å². The normalized spacial score (nSPS) is 49.2. The van der Waals surface area contributed by atoms with Gasteiger partial charge in [0.15, 0.2) is 6.29 Å². The molecule has 0 amide bonds. The molecular formula is C6H11ClO5. The molecule has 0 aromatic heterocycles. The molecule has 6 heteroatoms. The zero-order valence-electron chi connectivity index (χ0n) is 6.17. The summed E-state index contributed by atoms with van der Waals surface area (Å²) in [5, 5.41) is 36.3. The van der Waals surface area contributed by atoms with Gasteiger partial charge in [-0.15, -0.1) is 11.6 Å². The van der Waals surface area contributed by atoms with E-state index in [2.05, 4.69) is 0 Å². The number of hydrogen-bond donors (Lipinski definition) is 4. The lowest BCUT2D eigenvalue weighted by molar-refractivity contribution is -0.276. The topological polar surface area (TPSA) is 90.2 Å². The van der Waals surface area contributed by atoms with Crippen molar-refractivity contribution in [3.8, 4) is 0 Å². The van der Waals surface area contributed by atoms with Crippen molar-refractivity contribution < 1.29 is 25.2 Å². The van der Waals surface area contributed by atoms with E-state index in [1.165, 1.54) is 0 Å². The molecule has 1 saturated heterocycles. The SMILES string of the molecule is OC1[C@H](O)C(CCl)O[C@H](O)[C@H]1O. The first-order valence-corrected chi connectivity index (χ1v) is 4.05. The monoisotopic (exact) mass is 198 g/mol. The summed E-state index contributed by atoms with van der Waals surface area (Å²) in [6, 6.07) is 0. The Hall–Kier alpha value is 0.0900. The summed E-state index contributed by atoms with van der Waals surface area (Å²) in [6.07, 6.45) is -6.51. The van der Waals surface area contributed by atoms with Crippen molar-refractivity contribution in [1.29, 1.82) is 0 Å². The Labute approximate surface area is 74.2 Å². The van der Waals surface area contributed by atoms with Crippen molar-refractivity contribution in [3.63, 3.8) is 0 Å². The van der Waals surface area contributed by atoms with Crippen LogP contribution in [0.4, 0.5) is 0 Å². The van der Waals surface area contributed by atoms with E-state index in [9.17, 15) is 5.11 Å². The van der Waals surface area contributed by atoms with Gasteiger partial charge in [-0.05, 0) is 0 Å². The van der Waals surface area contributed by atoms with E-state index in [1.54, 1.807) is 0 Å². The van der Waals surface area contributed by atoms with Crippen molar-refractivity contribution >= 4 is 11.6 Å². The van der Waals surface area contributed by atoms with Crippen LogP contribution in [0.25, 0.3) is 0 Å². The number of ether oxygens (including phenoxy) is 1. The average molecular weight is 199 g/mol. The molecule has 1 heterocycles. The third-order valence-electron chi connectivity index (χ3n) is 1.84. The molecule has 1 aliphatic heterocycles. The second kappa shape index (κ2) is 3.87. The number of aliphatic hydroxyl groups is 4. The van der Waals surface area contributed by atoms with Crippen molar-refractivity contribution in [2.75, 3.05) is 5.88 Å². The highest BCUT2D eigenvalue weighted by Crippen LogP contribution is 2.20. The van der Waals surface area contributed by atoms with Gasteiger partial charge < -0.3 is 25.2 Å². The summed E-state index contributed by atoms with van der Waals surface area (Å²) in [5.41, 5.74) is 0. The van der Waals surface area contributed by atoms with Crippen molar-refractivity contribution in [2.45, 2.75) is 30.7 Å². The molecule has 2 unspecified atom stereocenters. The standard InChI is InChI=1S/C6H11ClO5/c7-1-2-3(8)4(9)5(10)6(11)12-2/h2-6,8-11H,1H2/t2?,3-,4?,5+,6+/m1/s1. The average Bonchev–Trinajstić information content (AvgIpc) is 2.08.